The van der Waals surface area contributed by atoms with Gasteiger partial charge in [0.1, 0.15) is 5.15 Å². The quantitative estimate of drug-likeness (QED) is 0.518. The monoisotopic (exact) mass is 325 g/mol. The van der Waals surface area contributed by atoms with Crippen LogP contribution in [0.25, 0.3) is 6.08 Å². The molecule has 1 fully saturated rings. The van der Waals surface area contributed by atoms with Crippen molar-refractivity contribution in [3.05, 3.63) is 34.0 Å². The van der Waals surface area contributed by atoms with E-state index in [0.717, 1.165) is 16.6 Å². The maximum Gasteiger partial charge on any atom is 0.491 e. The number of nitrogens with zero attached hydrogens (tertiary/aromatic N) is 1. The lowest BCUT2D eigenvalue weighted by molar-refractivity contribution is 0.00578. The summed E-state index contributed by atoms with van der Waals surface area (Å²) in [6, 6.07) is 1.84. The van der Waals surface area contributed by atoms with Crippen molar-refractivity contribution in [2.75, 3.05) is 5.75 Å². The Kier molecular flexibility index (Phi) is 4.79. The first kappa shape index (κ1) is 16.9. The van der Waals surface area contributed by atoms with Gasteiger partial charge in [-0.15, -0.1) is 0 Å². The minimum Gasteiger partial charge on any atom is -0.400 e. The minimum atomic E-state index is -0.387. The number of hydrogen-bond acceptors (Lipinski definition) is 4. The van der Waals surface area contributed by atoms with Crippen molar-refractivity contribution >= 4 is 37.4 Å². The van der Waals surface area contributed by atoms with Gasteiger partial charge in [-0.25, -0.2) is 4.98 Å². The highest BCUT2D eigenvalue weighted by molar-refractivity contribution is 7.80. The lowest BCUT2D eigenvalue weighted by atomic mass is 9.78. The second-order valence-corrected chi connectivity index (χ2v) is 7.03. The van der Waals surface area contributed by atoms with Gasteiger partial charge in [-0.3, -0.25) is 0 Å². The smallest absolute Gasteiger partial charge is 0.400 e. The van der Waals surface area contributed by atoms with Crippen LogP contribution in [-0.2, 0) is 9.31 Å². The first-order chi connectivity index (χ1) is 9.66. The van der Waals surface area contributed by atoms with Crippen LogP contribution >= 0.6 is 24.2 Å². The topological polar surface area (TPSA) is 31.4 Å². The predicted octanol–water partition coefficient (Wildman–Crippen LogP) is 3.99. The molecule has 2 rings (SSSR count). The van der Waals surface area contributed by atoms with E-state index in [4.69, 9.17) is 20.9 Å². The first-order valence-electron chi connectivity index (χ1n) is 6.95. The van der Waals surface area contributed by atoms with E-state index in [1.807, 2.05) is 46.8 Å². The second kappa shape index (κ2) is 5.96. The zero-order valence-corrected chi connectivity index (χ0v) is 14.8. The van der Waals surface area contributed by atoms with Gasteiger partial charge in [0.25, 0.3) is 0 Å². The van der Waals surface area contributed by atoms with Crippen molar-refractivity contribution < 1.29 is 9.31 Å². The van der Waals surface area contributed by atoms with E-state index in [9.17, 15) is 0 Å². The third-order valence-corrected chi connectivity index (χ3v) is 4.77. The van der Waals surface area contributed by atoms with E-state index < -0.39 is 0 Å². The van der Waals surface area contributed by atoms with Gasteiger partial charge in [-0.2, -0.15) is 12.6 Å². The van der Waals surface area contributed by atoms with Gasteiger partial charge < -0.3 is 9.31 Å². The number of hydrogen-bond donors (Lipinski definition) is 1. The van der Waals surface area contributed by atoms with Crippen LogP contribution in [0.15, 0.2) is 17.7 Å². The Morgan fingerprint density at radius 2 is 1.90 bits per heavy atom. The Labute approximate surface area is 137 Å². The van der Waals surface area contributed by atoms with E-state index in [-0.39, 0.29) is 18.3 Å². The number of rotatable bonds is 3. The fourth-order valence-corrected chi connectivity index (χ4v) is 2.52. The first-order valence-corrected chi connectivity index (χ1v) is 7.96. The van der Waals surface area contributed by atoms with Crippen molar-refractivity contribution in [1.82, 2.24) is 4.98 Å². The van der Waals surface area contributed by atoms with Gasteiger partial charge in [0.05, 0.1) is 11.2 Å². The standard InChI is InChI=1S/C15H21BClNO2S/c1-10-6-13(17)18-8-11(10)7-12(9-21)16-19-14(2,3)15(4,5)20-16/h6-8,21H,9H2,1-5H3. The van der Waals surface area contributed by atoms with Crippen molar-refractivity contribution in [3.8, 4) is 0 Å². The van der Waals surface area contributed by atoms with Crippen LogP contribution in [0.3, 0.4) is 0 Å². The van der Waals surface area contributed by atoms with Crippen LogP contribution in [0.1, 0.15) is 38.8 Å². The summed E-state index contributed by atoms with van der Waals surface area (Å²) in [5.74, 6) is 0.554. The molecule has 3 nitrogen and oxygen atoms in total. The van der Waals surface area contributed by atoms with Gasteiger partial charge in [0.2, 0.25) is 0 Å². The molecule has 1 saturated heterocycles. The largest absolute Gasteiger partial charge is 0.491 e. The molecule has 0 saturated carbocycles. The summed E-state index contributed by atoms with van der Waals surface area (Å²) in [7, 11) is -0.387. The molecule has 0 amide bonds. The van der Waals surface area contributed by atoms with Gasteiger partial charge in [0.15, 0.2) is 0 Å². The summed E-state index contributed by atoms with van der Waals surface area (Å²) in [6.45, 7) is 10.2. The van der Waals surface area contributed by atoms with E-state index in [0.29, 0.717) is 10.9 Å². The van der Waals surface area contributed by atoms with E-state index in [1.54, 1.807) is 6.20 Å². The highest BCUT2D eigenvalue weighted by atomic mass is 35.5. The fourth-order valence-electron chi connectivity index (χ4n) is 2.07. The predicted molar refractivity (Wildman–Crippen MR) is 91.9 cm³/mol. The van der Waals surface area contributed by atoms with Crippen LogP contribution in [-0.4, -0.2) is 29.1 Å². The molecule has 0 aliphatic carbocycles. The number of aromatic nitrogens is 1. The summed E-state index contributed by atoms with van der Waals surface area (Å²) in [4.78, 5) is 4.13. The van der Waals surface area contributed by atoms with Crippen LogP contribution in [0.2, 0.25) is 5.15 Å². The minimum absolute atomic E-state index is 0.354. The van der Waals surface area contributed by atoms with Crippen molar-refractivity contribution in [2.45, 2.75) is 45.8 Å². The summed E-state index contributed by atoms with van der Waals surface area (Å²) in [6.07, 6.45) is 3.78. The number of pyridine rings is 1. The molecule has 0 radical (unpaired) electrons. The molecule has 21 heavy (non-hydrogen) atoms. The molecule has 114 valence electrons. The highest BCUT2D eigenvalue weighted by Crippen LogP contribution is 2.39. The normalized spacial score (nSPS) is 20.9. The van der Waals surface area contributed by atoms with Gasteiger partial charge in [0, 0.05) is 11.9 Å². The molecule has 0 spiro atoms. The molecule has 0 N–H and O–H groups in total. The van der Waals surface area contributed by atoms with Gasteiger partial charge in [-0.1, -0.05) is 17.7 Å². The molecule has 1 aliphatic heterocycles. The van der Waals surface area contributed by atoms with Crippen molar-refractivity contribution in [3.63, 3.8) is 0 Å². The molecular weight excluding hydrogens is 305 g/mol. The summed E-state index contributed by atoms with van der Waals surface area (Å²) in [5, 5.41) is 0.493. The van der Waals surface area contributed by atoms with E-state index in [2.05, 4.69) is 17.6 Å². The third-order valence-electron chi connectivity index (χ3n) is 4.20. The Morgan fingerprint density at radius 1 is 1.33 bits per heavy atom. The van der Waals surface area contributed by atoms with Gasteiger partial charge >= 0.3 is 7.12 Å². The molecule has 0 unspecified atom stereocenters. The Bertz CT molecular complexity index is 559. The van der Waals surface area contributed by atoms with E-state index >= 15 is 0 Å². The zero-order chi connectivity index (χ0) is 15.8. The van der Waals surface area contributed by atoms with Crippen LogP contribution in [0.4, 0.5) is 0 Å². The fraction of sp³-hybridized carbons (Fsp3) is 0.533. The lowest BCUT2D eigenvalue weighted by Gasteiger charge is -2.32. The second-order valence-electron chi connectivity index (χ2n) is 6.33. The molecular formula is C15H21BClNO2S. The lowest BCUT2D eigenvalue weighted by Crippen LogP contribution is -2.41. The average molecular weight is 326 g/mol. The summed E-state index contributed by atoms with van der Waals surface area (Å²) >= 11 is 10.3. The Hall–Kier alpha value is -0.485. The molecule has 0 atom stereocenters. The number of aryl methyl sites for hydroxylation is 1. The molecule has 2 heterocycles. The van der Waals surface area contributed by atoms with Crippen LogP contribution in [0.5, 0.6) is 0 Å². The average Bonchev–Trinajstić information content (AvgIpc) is 2.57. The Balaban J connectivity index is 2.31. The van der Waals surface area contributed by atoms with E-state index in [1.165, 1.54) is 0 Å². The van der Waals surface area contributed by atoms with Gasteiger partial charge in [-0.05, 0) is 57.3 Å². The van der Waals surface area contributed by atoms with Crippen LogP contribution in [0, 0.1) is 6.92 Å². The molecule has 6 heteroatoms. The summed E-state index contributed by atoms with van der Waals surface area (Å²) in [5.41, 5.74) is 2.33. The molecule has 0 bridgehead atoms. The number of thiol groups is 1. The SMILES string of the molecule is Cc1cc(Cl)ncc1C=C(CS)B1OC(C)(C)C(C)(C)O1. The maximum absolute atomic E-state index is 6.07. The maximum atomic E-state index is 6.07. The van der Waals surface area contributed by atoms with Crippen molar-refractivity contribution in [1.29, 1.82) is 0 Å². The third kappa shape index (κ3) is 3.47. The summed E-state index contributed by atoms with van der Waals surface area (Å²) < 4.78 is 12.1. The molecule has 0 aromatic carbocycles. The van der Waals surface area contributed by atoms with Crippen LogP contribution < -0.4 is 0 Å². The molecule has 1 aromatic rings. The molecule has 1 aliphatic rings. The van der Waals surface area contributed by atoms with Crippen molar-refractivity contribution in [2.24, 2.45) is 0 Å². The highest BCUT2D eigenvalue weighted by Gasteiger charge is 2.52. The Morgan fingerprint density at radius 3 is 2.38 bits per heavy atom. The zero-order valence-electron chi connectivity index (χ0n) is 13.1. The molecule has 1 aromatic heterocycles. The number of halogens is 1.